The van der Waals surface area contributed by atoms with E-state index >= 15 is 0 Å². The Labute approximate surface area is 109 Å². The number of piperidine rings is 1. The molecule has 4 nitrogen and oxygen atoms in total. The van der Waals surface area contributed by atoms with E-state index in [0.717, 1.165) is 19.4 Å². The minimum atomic E-state index is -0.163. The van der Waals surface area contributed by atoms with Gasteiger partial charge in [0.1, 0.15) is 0 Å². The van der Waals surface area contributed by atoms with Crippen LogP contribution >= 0.6 is 0 Å². The maximum Gasteiger partial charge on any atom is 0.232 e. The van der Waals surface area contributed by atoms with Crippen molar-refractivity contribution < 1.29 is 9.59 Å². The molecule has 0 aromatic heterocycles. The van der Waals surface area contributed by atoms with Gasteiger partial charge in [0.15, 0.2) is 0 Å². The molecule has 1 N–H and O–H groups in total. The summed E-state index contributed by atoms with van der Waals surface area (Å²) in [6, 6.07) is 0.219. The molecule has 2 amide bonds. The maximum atomic E-state index is 12.1. The minimum Gasteiger partial charge on any atom is -0.312 e. The lowest BCUT2D eigenvalue weighted by Crippen LogP contribution is -2.54. The number of imide groups is 1. The zero-order valence-electron chi connectivity index (χ0n) is 11.8. The molecule has 18 heavy (non-hydrogen) atoms. The molecule has 0 aromatic rings. The number of rotatable bonds is 2. The summed E-state index contributed by atoms with van der Waals surface area (Å²) in [6.45, 7) is 9.63. The summed E-state index contributed by atoms with van der Waals surface area (Å²) in [6.07, 6.45) is 2.31. The summed E-state index contributed by atoms with van der Waals surface area (Å²) in [5, 5.41) is 3.46. The summed E-state index contributed by atoms with van der Waals surface area (Å²) in [5.74, 6) is -0.334. The lowest BCUT2D eigenvalue weighted by molar-refractivity contribution is -0.140. The number of hydrogen-bond donors (Lipinski definition) is 1. The molecule has 2 aliphatic heterocycles. The molecule has 2 rings (SSSR count). The first-order valence-corrected chi connectivity index (χ1v) is 6.93. The number of nitrogens with zero attached hydrogens (tertiary/aromatic N) is 1. The van der Waals surface area contributed by atoms with Crippen LogP contribution in [0.4, 0.5) is 0 Å². The van der Waals surface area contributed by atoms with Crippen molar-refractivity contribution in [1.29, 1.82) is 0 Å². The summed E-state index contributed by atoms with van der Waals surface area (Å²) < 4.78 is 0. The molecular weight excluding hydrogens is 228 g/mol. The fraction of sp³-hybridized carbons (Fsp3) is 0.857. The van der Waals surface area contributed by atoms with E-state index in [1.807, 2.05) is 13.8 Å². The molecule has 102 valence electrons. The average molecular weight is 252 g/mol. The van der Waals surface area contributed by atoms with Gasteiger partial charge in [-0.2, -0.15) is 0 Å². The Balaban J connectivity index is 2.09. The van der Waals surface area contributed by atoms with Crippen LogP contribution in [0.2, 0.25) is 0 Å². The highest BCUT2D eigenvalue weighted by Gasteiger charge is 2.44. The number of carbonyl (C=O) groups excluding carboxylic acids is 2. The van der Waals surface area contributed by atoms with Crippen molar-refractivity contribution >= 4 is 11.8 Å². The second-order valence-corrected chi connectivity index (χ2v) is 6.46. The van der Waals surface area contributed by atoms with Gasteiger partial charge < -0.3 is 5.32 Å². The number of carbonyl (C=O) groups is 2. The molecule has 0 aromatic carbocycles. The SMILES string of the molecule is CC1C(=O)N(CC2NCCCC2(C)C)C(=O)C1C. The van der Waals surface area contributed by atoms with Crippen LogP contribution in [0.1, 0.15) is 40.5 Å². The van der Waals surface area contributed by atoms with Gasteiger partial charge in [0.05, 0.1) is 0 Å². The Morgan fingerprint density at radius 3 is 2.28 bits per heavy atom. The fourth-order valence-electron chi connectivity index (χ4n) is 2.97. The Bertz CT molecular complexity index is 345. The third-order valence-corrected chi connectivity index (χ3v) is 4.76. The standard InChI is InChI=1S/C14H24N2O2/c1-9-10(2)13(18)16(12(9)17)8-11-14(3,4)6-5-7-15-11/h9-11,15H,5-8H2,1-4H3. The molecule has 2 saturated heterocycles. The van der Waals surface area contributed by atoms with E-state index < -0.39 is 0 Å². The monoisotopic (exact) mass is 252 g/mol. The van der Waals surface area contributed by atoms with Crippen LogP contribution in [0.15, 0.2) is 0 Å². The Morgan fingerprint density at radius 1 is 1.22 bits per heavy atom. The summed E-state index contributed by atoms with van der Waals surface area (Å²) in [4.78, 5) is 25.6. The number of nitrogens with one attached hydrogen (secondary N) is 1. The Kier molecular flexibility index (Phi) is 3.49. The molecule has 3 unspecified atom stereocenters. The van der Waals surface area contributed by atoms with Crippen molar-refractivity contribution in [3.05, 3.63) is 0 Å². The molecule has 2 aliphatic rings. The van der Waals surface area contributed by atoms with Crippen LogP contribution in [0.25, 0.3) is 0 Å². The van der Waals surface area contributed by atoms with Crippen molar-refractivity contribution in [2.24, 2.45) is 17.3 Å². The van der Waals surface area contributed by atoms with Crippen molar-refractivity contribution in [2.75, 3.05) is 13.1 Å². The van der Waals surface area contributed by atoms with Gasteiger partial charge >= 0.3 is 0 Å². The maximum absolute atomic E-state index is 12.1. The smallest absolute Gasteiger partial charge is 0.232 e. The average Bonchev–Trinajstić information content (AvgIpc) is 2.49. The predicted octanol–water partition coefficient (Wildman–Crippen LogP) is 1.41. The van der Waals surface area contributed by atoms with E-state index in [4.69, 9.17) is 0 Å². The van der Waals surface area contributed by atoms with E-state index in [1.54, 1.807) is 0 Å². The lowest BCUT2D eigenvalue weighted by atomic mass is 9.77. The van der Waals surface area contributed by atoms with Crippen molar-refractivity contribution in [2.45, 2.75) is 46.6 Å². The van der Waals surface area contributed by atoms with E-state index in [9.17, 15) is 9.59 Å². The second kappa shape index (κ2) is 4.65. The summed E-state index contributed by atoms with van der Waals surface area (Å²) >= 11 is 0. The lowest BCUT2D eigenvalue weighted by Gasteiger charge is -2.41. The molecule has 0 aliphatic carbocycles. The molecule has 0 bridgehead atoms. The Hall–Kier alpha value is -0.900. The van der Waals surface area contributed by atoms with Gasteiger partial charge in [-0.1, -0.05) is 27.7 Å². The van der Waals surface area contributed by atoms with E-state index in [0.29, 0.717) is 6.54 Å². The highest BCUT2D eigenvalue weighted by Crippen LogP contribution is 2.33. The van der Waals surface area contributed by atoms with Crippen LogP contribution in [0.3, 0.4) is 0 Å². The van der Waals surface area contributed by atoms with Crippen molar-refractivity contribution in [3.63, 3.8) is 0 Å². The molecule has 2 fully saturated rings. The first-order chi connectivity index (χ1) is 8.34. The number of likely N-dealkylation sites (tertiary alicyclic amines) is 1. The van der Waals surface area contributed by atoms with E-state index in [-0.39, 0.29) is 35.1 Å². The van der Waals surface area contributed by atoms with Gasteiger partial charge in [0, 0.05) is 24.4 Å². The van der Waals surface area contributed by atoms with Gasteiger partial charge in [-0.15, -0.1) is 0 Å². The van der Waals surface area contributed by atoms with Crippen molar-refractivity contribution in [3.8, 4) is 0 Å². The van der Waals surface area contributed by atoms with Crippen LogP contribution in [-0.2, 0) is 9.59 Å². The highest BCUT2D eigenvalue weighted by atomic mass is 16.2. The largest absolute Gasteiger partial charge is 0.312 e. The first-order valence-electron chi connectivity index (χ1n) is 6.93. The molecular formula is C14H24N2O2. The Morgan fingerprint density at radius 2 is 1.78 bits per heavy atom. The van der Waals surface area contributed by atoms with Crippen LogP contribution in [0, 0.1) is 17.3 Å². The third kappa shape index (κ3) is 2.18. The molecule has 4 heteroatoms. The van der Waals surface area contributed by atoms with Crippen LogP contribution < -0.4 is 5.32 Å². The van der Waals surface area contributed by atoms with Gasteiger partial charge in [0.25, 0.3) is 0 Å². The van der Waals surface area contributed by atoms with Gasteiger partial charge in [-0.05, 0) is 24.8 Å². The molecule has 2 heterocycles. The summed E-state index contributed by atoms with van der Waals surface area (Å²) in [5.41, 5.74) is 0.147. The van der Waals surface area contributed by atoms with Gasteiger partial charge in [0.2, 0.25) is 11.8 Å². The highest BCUT2D eigenvalue weighted by molar-refractivity contribution is 6.04. The molecule has 0 radical (unpaired) electrons. The normalized spacial score (nSPS) is 36.2. The third-order valence-electron chi connectivity index (χ3n) is 4.76. The summed E-state index contributed by atoms with van der Waals surface area (Å²) in [7, 11) is 0. The number of hydrogen-bond acceptors (Lipinski definition) is 3. The van der Waals surface area contributed by atoms with Crippen LogP contribution in [0.5, 0.6) is 0 Å². The zero-order chi connectivity index (χ0) is 13.5. The topological polar surface area (TPSA) is 49.4 Å². The zero-order valence-corrected chi connectivity index (χ0v) is 11.8. The van der Waals surface area contributed by atoms with E-state index in [1.165, 1.54) is 4.90 Å². The van der Waals surface area contributed by atoms with E-state index in [2.05, 4.69) is 19.2 Å². The first kappa shape index (κ1) is 13.5. The van der Waals surface area contributed by atoms with Gasteiger partial charge in [-0.3, -0.25) is 14.5 Å². The fourth-order valence-corrected chi connectivity index (χ4v) is 2.97. The quantitative estimate of drug-likeness (QED) is 0.756. The molecule has 0 saturated carbocycles. The molecule has 0 spiro atoms. The van der Waals surface area contributed by atoms with Crippen molar-refractivity contribution in [1.82, 2.24) is 10.2 Å². The number of amides is 2. The minimum absolute atomic E-state index is 0.00401. The second-order valence-electron chi connectivity index (χ2n) is 6.46. The van der Waals surface area contributed by atoms with Crippen LogP contribution in [-0.4, -0.2) is 35.8 Å². The predicted molar refractivity (Wildman–Crippen MR) is 69.9 cm³/mol. The molecule has 3 atom stereocenters. The van der Waals surface area contributed by atoms with Gasteiger partial charge in [-0.25, -0.2) is 0 Å².